The van der Waals surface area contributed by atoms with Gasteiger partial charge in [0.15, 0.2) is 15.8 Å². The molecular weight excluding hydrogens is 519 g/mol. The van der Waals surface area contributed by atoms with Crippen molar-refractivity contribution >= 4 is 55.7 Å². The number of nitrogens with zero attached hydrogens (tertiary/aromatic N) is 2. The fourth-order valence-electron chi connectivity index (χ4n) is 1.96. The summed E-state index contributed by atoms with van der Waals surface area (Å²) in [4.78, 5) is 8.59. The van der Waals surface area contributed by atoms with Gasteiger partial charge in [-0.25, -0.2) is 8.42 Å². The normalized spacial score (nSPS) is 11.5. The molecule has 0 aliphatic carbocycles. The van der Waals surface area contributed by atoms with Crippen molar-refractivity contribution in [2.45, 2.75) is 11.4 Å². The average molecular weight is 539 g/mol. The lowest BCUT2D eigenvalue weighted by Gasteiger charge is -2.12. The second-order valence-corrected chi connectivity index (χ2v) is 7.97. The molecule has 0 fully saturated rings. The predicted molar refractivity (Wildman–Crippen MR) is 114 cm³/mol. The first-order valence-corrected chi connectivity index (χ1v) is 9.78. The number of aliphatic imine (C=N–C) groups is 1. The van der Waals surface area contributed by atoms with Crippen LogP contribution in [0, 0.1) is 0 Å². The minimum absolute atomic E-state index is 0. The van der Waals surface area contributed by atoms with Crippen LogP contribution in [-0.2, 0) is 16.4 Å². The van der Waals surface area contributed by atoms with Crippen molar-refractivity contribution in [3.8, 4) is 0 Å². The molecule has 0 unspecified atom stereocenters. The van der Waals surface area contributed by atoms with E-state index in [1.807, 2.05) is 18.2 Å². The predicted octanol–water partition coefficient (Wildman–Crippen LogP) is 2.60. The summed E-state index contributed by atoms with van der Waals surface area (Å²) in [6, 6.07) is 12.3. The van der Waals surface area contributed by atoms with Crippen LogP contribution in [-0.4, -0.2) is 38.7 Å². The fraction of sp³-hybridized carbons (Fsp3) is 0.250. The smallest absolute Gasteiger partial charge is 0.191 e. The number of hydrogen-bond donors (Lipinski definition) is 2. The van der Waals surface area contributed by atoms with E-state index in [4.69, 9.17) is 0 Å². The Labute approximate surface area is 173 Å². The van der Waals surface area contributed by atoms with E-state index in [0.717, 1.165) is 10.2 Å². The summed E-state index contributed by atoms with van der Waals surface area (Å²) in [5, 5.41) is 6.09. The van der Waals surface area contributed by atoms with Gasteiger partial charge in [0.05, 0.1) is 22.9 Å². The van der Waals surface area contributed by atoms with Gasteiger partial charge in [0, 0.05) is 24.3 Å². The van der Waals surface area contributed by atoms with Gasteiger partial charge in [0.2, 0.25) is 0 Å². The summed E-state index contributed by atoms with van der Waals surface area (Å²) in [6.45, 7) is 0.778. The Morgan fingerprint density at radius 2 is 1.88 bits per heavy atom. The highest BCUT2D eigenvalue weighted by atomic mass is 127. The van der Waals surface area contributed by atoms with E-state index in [1.165, 1.54) is 0 Å². The van der Waals surface area contributed by atoms with Crippen molar-refractivity contribution < 1.29 is 8.42 Å². The topological polar surface area (TPSA) is 83.5 Å². The number of nitrogens with one attached hydrogen (secondary N) is 2. The molecular formula is C16H20BrIN4O2S. The lowest BCUT2D eigenvalue weighted by atomic mass is 10.3. The van der Waals surface area contributed by atoms with Crippen LogP contribution in [0.25, 0.3) is 0 Å². The Kier molecular flexibility index (Phi) is 9.36. The highest BCUT2D eigenvalue weighted by Crippen LogP contribution is 2.15. The fourth-order valence-corrected chi connectivity index (χ4v) is 3.38. The standard InChI is InChI=1S/C16H19BrN4O2S.HI/c1-18-16(21-12-14-4-2-3-9-19-14)20-10-11-24(22,23)15-7-5-13(17)6-8-15;/h2-9H,10-12H2,1H3,(H2,18,20,21);1H. The van der Waals surface area contributed by atoms with Gasteiger partial charge < -0.3 is 10.6 Å². The van der Waals surface area contributed by atoms with Crippen LogP contribution < -0.4 is 10.6 Å². The van der Waals surface area contributed by atoms with Crippen molar-refractivity contribution in [2.24, 2.45) is 4.99 Å². The molecule has 6 nitrogen and oxygen atoms in total. The van der Waals surface area contributed by atoms with E-state index in [0.29, 0.717) is 17.4 Å². The van der Waals surface area contributed by atoms with E-state index in [2.05, 4.69) is 36.5 Å². The van der Waals surface area contributed by atoms with Crippen LogP contribution >= 0.6 is 39.9 Å². The zero-order valence-corrected chi connectivity index (χ0v) is 18.4. The van der Waals surface area contributed by atoms with Crippen molar-refractivity contribution in [1.82, 2.24) is 15.6 Å². The van der Waals surface area contributed by atoms with Gasteiger partial charge in [-0.3, -0.25) is 9.98 Å². The second-order valence-electron chi connectivity index (χ2n) is 4.95. The van der Waals surface area contributed by atoms with Crippen molar-refractivity contribution in [2.75, 3.05) is 19.3 Å². The first kappa shape index (κ1) is 21.8. The number of halogens is 2. The lowest BCUT2D eigenvalue weighted by molar-refractivity contribution is 0.594. The van der Waals surface area contributed by atoms with Gasteiger partial charge in [0.25, 0.3) is 0 Å². The summed E-state index contributed by atoms with van der Waals surface area (Å²) in [5.41, 5.74) is 0.878. The van der Waals surface area contributed by atoms with Crippen LogP contribution in [0.4, 0.5) is 0 Å². The van der Waals surface area contributed by atoms with E-state index >= 15 is 0 Å². The van der Waals surface area contributed by atoms with Gasteiger partial charge >= 0.3 is 0 Å². The Balaban J connectivity index is 0.00000312. The van der Waals surface area contributed by atoms with Crippen molar-refractivity contribution in [3.05, 3.63) is 58.8 Å². The molecule has 2 aromatic rings. The zero-order valence-electron chi connectivity index (χ0n) is 13.6. The van der Waals surface area contributed by atoms with Gasteiger partial charge in [-0.2, -0.15) is 0 Å². The Morgan fingerprint density at radius 3 is 2.48 bits per heavy atom. The minimum atomic E-state index is -3.33. The minimum Gasteiger partial charge on any atom is -0.355 e. The molecule has 0 atom stereocenters. The first-order chi connectivity index (χ1) is 11.5. The molecule has 0 bridgehead atoms. The highest BCUT2D eigenvalue weighted by Gasteiger charge is 2.14. The Hall–Kier alpha value is -1.20. The number of aromatic nitrogens is 1. The molecule has 0 amide bonds. The Bertz CT molecular complexity index is 784. The van der Waals surface area contributed by atoms with Crippen molar-refractivity contribution in [1.29, 1.82) is 0 Å². The third-order valence-corrected chi connectivity index (χ3v) is 5.48. The molecule has 9 heteroatoms. The van der Waals surface area contributed by atoms with E-state index in [-0.39, 0.29) is 36.3 Å². The van der Waals surface area contributed by atoms with Crippen LogP contribution in [0.1, 0.15) is 5.69 Å². The maximum absolute atomic E-state index is 12.3. The number of pyridine rings is 1. The summed E-state index contributed by atoms with van der Waals surface area (Å²) < 4.78 is 25.4. The maximum Gasteiger partial charge on any atom is 0.191 e. The number of sulfone groups is 1. The third-order valence-electron chi connectivity index (χ3n) is 3.22. The SMILES string of the molecule is CN=C(NCCS(=O)(=O)c1ccc(Br)cc1)NCc1ccccn1.I. The van der Waals surface area contributed by atoms with E-state index in [9.17, 15) is 8.42 Å². The first-order valence-electron chi connectivity index (χ1n) is 7.34. The van der Waals surface area contributed by atoms with Crippen LogP contribution in [0.15, 0.2) is 63.0 Å². The summed E-state index contributed by atoms with van der Waals surface area (Å²) in [5.74, 6) is 0.519. The number of hydrogen-bond acceptors (Lipinski definition) is 4. The van der Waals surface area contributed by atoms with Crippen molar-refractivity contribution in [3.63, 3.8) is 0 Å². The quantitative estimate of drug-likeness (QED) is 0.335. The summed E-state index contributed by atoms with van der Waals surface area (Å²) in [6.07, 6.45) is 1.72. The summed E-state index contributed by atoms with van der Waals surface area (Å²) >= 11 is 3.29. The molecule has 1 aromatic carbocycles. The average Bonchev–Trinajstić information content (AvgIpc) is 2.59. The summed E-state index contributed by atoms with van der Waals surface area (Å²) in [7, 11) is -1.69. The van der Waals surface area contributed by atoms with Crippen LogP contribution in [0.3, 0.4) is 0 Å². The molecule has 0 saturated carbocycles. The number of benzene rings is 1. The highest BCUT2D eigenvalue weighted by molar-refractivity contribution is 14.0. The second kappa shape index (κ2) is 10.7. The monoisotopic (exact) mass is 538 g/mol. The molecule has 136 valence electrons. The van der Waals surface area contributed by atoms with E-state index in [1.54, 1.807) is 37.5 Å². The molecule has 0 spiro atoms. The van der Waals surface area contributed by atoms with Gasteiger partial charge in [0.1, 0.15) is 0 Å². The third kappa shape index (κ3) is 7.28. The molecule has 0 aliphatic heterocycles. The number of guanidine groups is 1. The Morgan fingerprint density at radius 1 is 1.16 bits per heavy atom. The van der Waals surface area contributed by atoms with E-state index < -0.39 is 9.84 Å². The van der Waals surface area contributed by atoms with Crippen LogP contribution in [0.5, 0.6) is 0 Å². The zero-order chi connectivity index (χ0) is 17.4. The molecule has 2 N–H and O–H groups in total. The van der Waals surface area contributed by atoms with Gasteiger partial charge in [-0.15, -0.1) is 24.0 Å². The van der Waals surface area contributed by atoms with Crippen LogP contribution in [0.2, 0.25) is 0 Å². The molecule has 0 radical (unpaired) electrons. The maximum atomic E-state index is 12.3. The molecule has 1 aromatic heterocycles. The molecule has 0 aliphatic rings. The number of rotatable bonds is 6. The molecule has 0 saturated heterocycles. The van der Waals surface area contributed by atoms with Gasteiger partial charge in [-0.05, 0) is 36.4 Å². The lowest BCUT2D eigenvalue weighted by Crippen LogP contribution is -2.39. The molecule has 1 heterocycles. The molecule has 25 heavy (non-hydrogen) atoms. The van der Waals surface area contributed by atoms with Gasteiger partial charge in [-0.1, -0.05) is 22.0 Å². The largest absolute Gasteiger partial charge is 0.355 e. The molecule has 2 rings (SSSR count).